The maximum atomic E-state index is 12.4. The van der Waals surface area contributed by atoms with Crippen molar-refractivity contribution in [1.82, 2.24) is 0 Å². The van der Waals surface area contributed by atoms with Gasteiger partial charge < -0.3 is 29.2 Å². The number of aliphatic hydroxyl groups excluding tert-OH is 1. The molecule has 5 aliphatic carbocycles. The van der Waals surface area contributed by atoms with E-state index in [1.54, 1.807) is 7.11 Å². The largest absolute Gasteiger partial charge is 1.00 e. The zero-order valence-electron chi connectivity index (χ0n) is 28.7. The molecule has 5 aliphatic rings. The van der Waals surface area contributed by atoms with Crippen molar-refractivity contribution in [3.63, 3.8) is 0 Å². The van der Waals surface area contributed by atoms with Crippen LogP contribution in [0.25, 0.3) is 0 Å². The first-order chi connectivity index (χ1) is 21.5. The predicted molar refractivity (Wildman–Crippen MR) is 159 cm³/mol. The molecule has 12 unspecified atom stereocenters. The van der Waals surface area contributed by atoms with E-state index in [-0.39, 0.29) is 145 Å². The average molecular weight is 780 g/mol. The zero-order chi connectivity index (χ0) is 33.6. The summed E-state index contributed by atoms with van der Waals surface area (Å²) in [5.41, 5.74) is 5.99. The summed E-state index contributed by atoms with van der Waals surface area (Å²) in [6.45, 7) is 0. The number of ether oxygens (including phenoxy) is 1. The molecule has 22 heteroatoms. The first kappa shape index (κ1) is 47.0. The maximum Gasteiger partial charge on any atom is 1.00 e. The molecule has 0 radical (unpaired) electrons. The van der Waals surface area contributed by atoms with Crippen molar-refractivity contribution in [2.24, 2.45) is 49.9 Å². The Labute approximate surface area is 355 Å². The Morgan fingerprint density at radius 3 is 1.73 bits per heavy atom. The monoisotopic (exact) mass is 779 g/mol. The molecule has 16 nitrogen and oxygen atoms in total. The smallest absolute Gasteiger partial charge is 0.748 e. The molecule has 3 N–H and O–H groups in total. The van der Waals surface area contributed by atoms with Crippen LogP contribution in [0.4, 0.5) is 0 Å². The first-order valence-electron chi connectivity index (χ1n) is 16.1. The van der Waals surface area contributed by atoms with Crippen LogP contribution >= 0.6 is 0 Å². The number of rotatable bonds is 8. The fourth-order valence-corrected chi connectivity index (χ4v) is 11.8. The van der Waals surface area contributed by atoms with E-state index in [2.05, 4.69) is 15.3 Å². The Kier molecular flexibility index (Phi) is 18.3. The van der Waals surface area contributed by atoms with E-state index in [9.17, 15) is 44.0 Å². The van der Waals surface area contributed by atoms with Crippen LogP contribution in [-0.2, 0) is 35.1 Å². The van der Waals surface area contributed by atoms with Gasteiger partial charge in [-0.3, -0.25) is 0 Å². The Hall–Kier alpha value is 1.81. The van der Waals surface area contributed by atoms with Crippen LogP contribution in [0.3, 0.4) is 0 Å². The van der Waals surface area contributed by atoms with Gasteiger partial charge in [0.05, 0.1) is 71.2 Å². The van der Waals surface area contributed by atoms with Crippen LogP contribution in [-0.4, -0.2) is 109 Å². The Balaban J connectivity index is 0.00000278. The fourth-order valence-electron chi connectivity index (χ4n) is 8.84. The summed E-state index contributed by atoms with van der Waals surface area (Å²) in [5.74, 6) is -2.02. The minimum atomic E-state index is -5.04. The summed E-state index contributed by atoms with van der Waals surface area (Å²) in [4.78, 5) is 0. The van der Waals surface area contributed by atoms with Crippen molar-refractivity contribution in [3.8, 4) is 0 Å². The number of methoxy groups -OCH3 is 1. The number of nitrogens with two attached hydrogens (primary N) is 1. The summed E-state index contributed by atoms with van der Waals surface area (Å²) >= 11 is 0. The predicted octanol–water partition coefficient (Wildman–Crippen LogP) is -7.96. The van der Waals surface area contributed by atoms with Gasteiger partial charge in [0, 0.05) is 18.4 Å². The van der Waals surface area contributed by atoms with Crippen LogP contribution in [0.1, 0.15) is 77.0 Å². The molecule has 5 rings (SSSR count). The second kappa shape index (κ2) is 19.1. The number of azo groups is 2. The van der Waals surface area contributed by atoms with Gasteiger partial charge in [0.1, 0.15) is 6.04 Å². The van der Waals surface area contributed by atoms with Crippen molar-refractivity contribution in [2.45, 2.75) is 135 Å². The molecule has 0 amide bonds. The third-order valence-electron chi connectivity index (χ3n) is 11.4. The van der Waals surface area contributed by atoms with Gasteiger partial charge in [-0.1, -0.05) is 0 Å². The third-order valence-corrected chi connectivity index (χ3v) is 15.1. The van der Waals surface area contributed by atoms with Crippen LogP contribution in [0, 0.1) is 23.7 Å². The van der Waals surface area contributed by atoms with E-state index in [1.807, 2.05) is 0 Å². The molecule has 0 aromatic rings. The van der Waals surface area contributed by atoms with Crippen molar-refractivity contribution < 1.29 is 137 Å². The quantitative estimate of drug-likeness (QED) is 0.132. The van der Waals surface area contributed by atoms with Crippen molar-refractivity contribution in [2.75, 3.05) is 7.11 Å². The van der Waals surface area contributed by atoms with Gasteiger partial charge in [-0.05, 0) is 101 Å². The summed E-state index contributed by atoms with van der Waals surface area (Å²) < 4.78 is 114. The molecular weight excluding hydrogens is 735 g/mol. The van der Waals surface area contributed by atoms with E-state index < -0.39 is 88.1 Å². The molecule has 5 saturated carbocycles. The second-order valence-electron chi connectivity index (χ2n) is 13.9. The van der Waals surface area contributed by atoms with Gasteiger partial charge in [-0.15, -0.1) is 0 Å². The SMILES string of the molecule is COC1CCC(N=NC2CCC(N=NC3C(O)C4CC(N)C(S(=O)(=O)[O-])CC4CC3S(=O)(=O)[O-])C3CC(S(=O)(=O)[O-])CCC23)CC1.[Na+].[Na+].[Na+]. The summed E-state index contributed by atoms with van der Waals surface area (Å²) in [6, 6.07) is -3.29. The Bertz CT molecular complexity index is 1490. The second-order valence-corrected chi connectivity index (χ2v) is 18.8. The normalized spacial score (nSPS) is 41.8. The summed E-state index contributed by atoms with van der Waals surface area (Å²) in [7, 11) is -12.7. The molecule has 0 aromatic carbocycles. The number of fused-ring (bicyclic) bond motifs is 2. The molecule has 264 valence electrons. The summed E-state index contributed by atoms with van der Waals surface area (Å²) in [5, 5.41) is 25.0. The standard InChI is InChI=1S/C27H47N5O11S3.3Na/c1-43-16-4-2-15(3-5-16)29-30-22-8-9-23(20-12-17(44(34,35)36)6-7-18(20)22)31-32-26-25(46(40,41)42)11-14-10-24(45(37,38)39)21(28)13-19(14)27(26)33;;;/h14-27,33H,2-13,28H2,1H3,(H,34,35,36)(H,37,38,39)(H,40,41,42);;;/q;3*+1/p-3. The van der Waals surface area contributed by atoms with E-state index in [1.165, 1.54) is 0 Å². The molecule has 0 heterocycles. The molecule has 0 bridgehead atoms. The van der Waals surface area contributed by atoms with Gasteiger partial charge in [-0.2, -0.15) is 20.5 Å². The van der Waals surface area contributed by atoms with E-state index in [0.717, 1.165) is 25.7 Å². The van der Waals surface area contributed by atoms with Crippen LogP contribution in [0.2, 0.25) is 0 Å². The van der Waals surface area contributed by atoms with Crippen LogP contribution < -0.4 is 94.4 Å². The van der Waals surface area contributed by atoms with E-state index in [4.69, 9.17) is 15.6 Å². The molecule has 0 aliphatic heterocycles. The van der Waals surface area contributed by atoms with Gasteiger partial charge in [-0.25, -0.2) is 25.3 Å². The molecular formula is C27H44N5Na3O11S3. The minimum absolute atomic E-state index is 0. The van der Waals surface area contributed by atoms with Gasteiger partial charge in [0.15, 0.2) is 0 Å². The maximum absolute atomic E-state index is 12.4. The number of aliphatic hydroxyl groups is 1. The third kappa shape index (κ3) is 11.4. The van der Waals surface area contributed by atoms with Gasteiger partial charge in [0.25, 0.3) is 0 Å². The molecule has 5 fully saturated rings. The molecule has 49 heavy (non-hydrogen) atoms. The fraction of sp³-hybridized carbons (Fsp3) is 1.00. The molecule has 0 aromatic heterocycles. The number of nitrogens with zero attached hydrogens (tertiary/aromatic N) is 4. The van der Waals surface area contributed by atoms with Crippen molar-refractivity contribution in [3.05, 3.63) is 0 Å². The van der Waals surface area contributed by atoms with Gasteiger partial charge >= 0.3 is 88.7 Å². The minimum Gasteiger partial charge on any atom is -0.748 e. The van der Waals surface area contributed by atoms with E-state index >= 15 is 0 Å². The first-order valence-corrected chi connectivity index (χ1v) is 20.5. The molecule has 0 spiro atoms. The number of hydrogen-bond donors (Lipinski definition) is 2. The Morgan fingerprint density at radius 2 is 1.18 bits per heavy atom. The van der Waals surface area contributed by atoms with Crippen molar-refractivity contribution >= 4 is 30.4 Å². The zero-order valence-corrected chi connectivity index (χ0v) is 37.1. The topological polar surface area (TPSA) is 277 Å². The number of hydrogen-bond acceptors (Lipinski definition) is 16. The average Bonchev–Trinajstić information content (AvgIpc) is 2.98. The van der Waals surface area contributed by atoms with Crippen molar-refractivity contribution in [1.29, 1.82) is 0 Å². The van der Waals surface area contributed by atoms with Crippen LogP contribution in [0.15, 0.2) is 20.5 Å². The van der Waals surface area contributed by atoms with Gasteiger partial charge in [0.2, 0.25) is 0 Å². The van der Waals surface area contributed by atoms with E-state index in [0.29, 0.717) is 19.3 Å². The summed E-state index contributed by atoms with van der Waals surface area (Å²) in [6.07, 6.45) is 3.13. The molecule has 12 atom stereocenters. The van der Waals surface area contributed by atoms with Crippen LogP contribution in [0.5, 0.6) is 0 Å². The molecule has 0 saturated heterocycles. The Morgan fingerprint density at radius 1 is 0.633 bits per heavy atom.